The fourth-order valence-corrected chi connectivity index (χ4v) is 4.39. The van der Waals surface area contributed by atoms with Crippen molar-refractivity contribution in [3.05, 3.63) is 77.5 Å². The van der Waals surface area contributed by atoms with Gasteiger partial charge < -0.3 is 36.9 Å². The molecule has 1 aliphatic rings. The minimum atomic E-state index is -1.38. The number of benzene rings is 2. The number of primary amides is 1. The number of para-hydroxylation sites is 1. The Kier molecular flexibility index (Phi) is 7.89. The maximum absolute atomic E-state index is 13.0. The summed E-state index contributed by atoms with van der Waals surface area (Å²) in [6.45, 7) is 1.40. The molecule has 4 amide bonds. The number of urea groups is 1. The topological polar surface area (TPSA) is 187 Å². The minimum Gasteiger partial charge on any atom is -0.390 e. The number of Topliss-reactive ketones (excluding diaryl/α,β-unsaturated/α-hetero) is 1. The predicted octanol–water partition coefficient (Wildman–Crippen LogP) is 1.13. The molecule has 2 aromatic carbocycles. The molecule has 0 spiro atoms. The second-order valence-electron chi connectivity index (χ2n) is 9.21. The Morgan fingerprint density at radius 2 is 1.87 bits per heavy atom. The van der Waals surface area contributed by atoms with E-state index in [0.717, 1.165) is 16.5 Å². The van der Waals surface area contributed by atoms with Crippen molar-refractivity contribution in [3.8, 4) is 0 Å². The number of amides is 4. The van der Waals surface area contributed by atoms with Crippen LogP contribution in [0.3, 0.4) is 0 Å². The molecular weight excluding hydrogens is 490 g/mol. The summed E-state index contributed by atoms with van der Waals surface area (Å²) in [5.74, 6) is -1.55. The van der Waals surface area contributed by atoms with Crippen LogP contribution in [-0.4, -0.2) is 63.1 Å². The number of aliphatic hydroxyl groups excluding tert-OH is 2. The first-order chi connectivity index (χ1) is 18.1. The number of H-pyrrole nitrogens is 1. The van der Waals surface area contributed by atoms with Gasteiger partial charge in [0, 0.05) is 46.8 Å². The van der Waals surface area contributed by atoms with Crippen molar-refractivity contribution in [2.24, 2.45) is 5.73 Å². The highest BCUT2D eigenvalue weighted by Gasteiger charge is 2.34. The number of fused-ring (bicyclic) bond motifs is 1. The van der Waals surface area contributed by atoms with Crippen LogP contribution >= 0.6 is 0 Å². The van der Waals surface area contributed by atoms with E-state index in [0.29, 0.717) is 11.3 Å². The van der Waals surface area contributed by atoms with Gasteiger partial charge in [-0.1, -0.05) is 36.4 Å². The van der Waals surface area contributed by atoms with Crippen molar-refractivity contribution in [1.29, 1.82) is 0 Å². The van der Waals surface area contributed by atoms with E-state index in [1.807, 2.05) is 24.3 Å². The lowest BCUT2D eigenvalue weighted by Gasteiger charge is -2.31. The van der Waals surface area contributed by atoms with E-state index >= 15 is 0 Å². The van der Waals surface area contributed by atoms with E-state index < -0.39 is 42.1 Å². The van der Waals surface area contributed by atoms with E-state index in [4.69, 9.17) is 5.73 Å². The van der Waals surface area contributed by atoms with Gasteiger partial charge >= 0.3 is 6.03 Å². The number of hydrogen-bond donors (Lipinski definition) is 7. The minimum absolute atomic E-state index is 0.0804. The summed E-state index contributed by atoms with van der Waals surface area (Å²) in [5, 5.41) is 29.4. The molecule has 1 aromatic heterocycles. The summed E-state index contributed by atoms with van der Waals surface area (Å²) < 4.78 is 0. The fourth-order valence-electron chi connectivity index (χ4n) is 4.39. The Balaban J connectivity index is 1.45. The van der Waals surface area contributed by atoms with Gasteiger partial charge in [-0.3, -0.25) is 14.4 Å². The molecule has 4 rings (SSSR count). The number of nitrogens with one attached hydrogen (secondary N) is 4. The molecule has 0 fully saturated rings. The van der Waals surface area contributed by atoms with Crippen LogP contribution in [0.4, 0.5) is 10.5 Å². The van der Waals surface area contributed by atoms with Crippen LogP contribution in [0.25, 0.3) is 10.9 Å². The summed E-state index contributed by atoms with van der Waals surface area (Å²) in [6.07, 6.45) is 0.324. The van der Waals surface area contributed by atoms with Gasteiger partial charge in [0.15, 0.2) is 5.78 Å². The number of ketones is 1. The third kappa shape index (κ3) is 6.07. The summed E-state index contributed by atoms with van der Waals surface area (Å²) in [4.78, 5) is 52.4. The molecule has 0 bridgehead atoms. The first kappa shape index (κ1) is 26.6. The van der Waals surface area contributed by atoms with Crippen LogP contribution in [0.5, 0.6) is 0 Å². The Morgan fingerprint density at radius 1 is 1.11 bits per heavy atom. The lowest BCUT2D eigenvalue weighted by molar-refractivity contribution is -0.125. The first-order valence-corrected chi connectivity index (χ1v) is 12.0. The lowest BCUT2D eigenvalue weighted by Crippen LogP contribution is -2.53. The highest BCUT2D eigenvalue weighted by molar-refractivity contribution is 5.98. The molecule has 0 unspecified atom stereocenters. The molecular formula is C27H29N5O6. The molecule has 0 aliphatic heterocycles. The predicted molar refractivity (Wildman–Crippen MR) is 140 cm³/mol. The Morgan fingerprint density at radius 3 is 2.61 bits per heavy atom. The zero-order chi connectivity index (χ0) is 27.4. The monoisotopic (exact) mass is 519 g/mol. The van der Waals surface area contributed by atoms with Crippen LogP contribution in [-0.2, 0) is 16.0 Å². The number of aromatic amines is 1. The average molecular weight is 520 g/mol. The fraction of sp³-hybridized carbons (Fsp3) is 0.259. The number of rotatable bonds is 8. The number of aliphatic hydroxyl groups is 2. The molecule has 4 atom stereocenters. The number of nitrogens with two attached hydrogens (primary N) is 1. The number of carbonyl (C=O) groups excluding carboxylic acids is 4. The summed E-state index contributed by atoms with van der Waals surface area (Å²) in [7, 11) is 0. The quantitative estimate of drug-likeness (QED) is 0.219. The van der Waals surface area contributed by atoms with Crippen molar-refractivity contribution < 1.29 is 29.4 Å². The molecule has 1 heterocycles. The lowest BCUT2D eigenvalue weighted by atomic mass is 9.89. The third-order valence-corrected chi connectivity index (χ3v) is 6.44. The molecule has 11 nitrogen and oxygen atoms in total. The largest absolute Gasteiger partial charge is 0.390 e. The van der Waals surface area contributed by atoms with Crippen molar-refractivity contribution in [2.75, 3.05) is 5.32 Å². The van der Waals surface area contributed by atoms with Gasteiger partial charge in [0.25, 0.3) is 0 Å². The molecule has 3 aromatic rings. The van der Waals surface area contributed by atoms with E-state index in [1.165, 1.54) is 19.1 Å². The number of anilines is 1. The van der Waals surface area contributed by atoms with Crippen LogP contribution < -0.4 is 21.7 Å². The number of hydrogen-bond acceptors (Lipinski definition) is 6. The Labute approximate surface area is 218 Å². The molecule has 0 saturated carbocycles. The first-order valence-electron chi connectivity index (χ1n) is 12.0. The van der Waals surface area contributed by atoms with Crippen LogP contribution in [0, 0.1) is 0 Å². The van der Waals surface area contributed by atoms with Crippen molar-refractivity contribution in [3.63, 3.8) is 0 Å². The zero-order valence-electron chi connectivity index (χ0n) is 20.6. The van der Waals surface area contributed by atoms with Crippen molar-refractivity contribution >= 4 is 40.2 Å². The maximum Gasteiger partial charge on any atom is 0.319 e. The zero-order valence-corrected chi connectivity index (χ0v) is 20.6. The third-order valence-electron chi connectivity index (χ3n) is 6.44. The van der Waals surface area contributed by atoms with E-state index in [-0.39, 0.29) is 24.2 Å². The van der Waals surface area contributed by atoms with Crippen molar-refractivity contribution in [1.82, 2.24) is 15.6 Å². The SMILES string of the molecule is CC(=O)c1cccc(NC(=O)N[C@@H]2C=C(C(=O)N[C@H](Cc3c[nH]c4ccccc34)C(N)=O)C[C@@H](O)[C@@H]2O)c1. The van der Waals surface area contributed by atoms with Gasteiger partial charge in [0.05, 0.1) is 12.1 Å². The second kappa shape index (κ2) is 11.3. The summed E-state index contributed by atoms with van der Waals surface area (Å²) in [6, 6.07) is 11.0. The molecule has 8 N–H and O–H groups in total. The summed E-state index contributed by atoms with van der Waals surface area (Å²) >= 11 is 0. The van der Waals surface area contributed by atoms with Crippen molar-refractivity contribution in [2.45, 2.75) is 44.1 Å². The number of carbonyl (C=O) groups is 4. The van der Waals surface area contributed by atoms with Crippen LogP contribution in [0.15, 0.2) is 66.4 Å². The van der Waals surface area contributed by atoms with Gasteiger partial charge in [-0.15, -0.1) is 0 Å². The van der Waals surface area contributed by atoms with Gasteiger partial charge in [-0.2, -0.15) is 0 Å². The Hall–Kier alpha value is -4.48. The average Bonchev–Trinajstić information content (AvgIpc) is 3.29. The molecule has 38 heavy (non-hydrogen) atoms. The highest BCUT2D eigenvalue weighted by Crippen LogP contribution is 2.22. The van der Waals surface area contributed by atoms with Crippen LogP contribution in [0.1, 0.15) is 29.3 Å². The second-order valence-corrected chi connectivity index (χ2v) is 9.21. The standard InChI is InChI=1S/C27H29N5O6/c1-14(33)15-5-4-6-18(9-15)30-27(38)32-21-10-16(12-23(34)24(21)35)26(37)31-22(25(28)36)11-17-13-29-20-8-3-2-7-19(17)20/h2-10,13,21-24,29,34-35H,11-12H2,1H3,(H2,28,36)(H,31,37)(H2,30,32,38)/t21-,22-,23-,24-/m1/s1. The molecule has 1 aliphatic carbocycles. The number of aromatic nitrogens is 1. The van der Waals surface area contributed by atoms with Gasteiger partial charge in [0.1, 0.15) is 12.1 Å². The Bertz CT molecular complexity index is 1410. The summed E-state index contributed by atoms with van der Waals surface area (Å²) in [5.41, 5.74) is 8.08. The van der Waals surface area contributed by atoms with E-state index in [2.05, 4.69) is 20.9 Å². The normalized spacial score (nSPS) is 19.8. The molecule has 11 heteroatoms. The van der Waals surface area contributed by atoms with E-state index in [9.17, 15) is 29.4 Å². The van der Waals surface area contributed by atoms with E-state index in [1.54, 1.807) is 24.4 Å². The van der Waals surface area contributed by atoms with Crippen LogP contribution in [0.2, 0.25) is 0 Å². The smallest absolute Gasteiger partial charge is 0.319 e. The van der Waals surface area contributed by atoms with Gasteiger partial charge in [0.2, 0.25) is 11.8 Å². The molecule has 0 saturated heterocycles. The highest BCUT2D eigenvalue weighted by atomic mass is 16.3. The molecule has 198 valence electrons. The van der Waals surface area contributed by atoms with Gasteiger partial charge in [-0.05, 0) is 30.7 Å². The maximum atomic E-state index is 13.0. The molecule has 0 radical (unpaired) electrons. The van der Waals surface area contributed by atoms with Gasteiger partial charge in [-0.25, -0.2) is 4.79 Å².